The minimum absolute atomic E-state index is 0.0310. The number of benzene rings is 1. The summed E-state index contributed by atoms with van der Waals surface area (Å²) < 4.78 is 12.8. The third-order valence-electron chi connectivity index (χ3n) is 2.25. The molecule has 1 aromatic carbocycles. The standard InChI is InChI=1S/C11H13ClFNO/c1-8-5-10(13)4-3-9(8)7-14(2)11(15)6-12/h3-5H,6-7H2,1-2H3. The van der Waals surface area contributed by atoms with Gasteiger partial charge in [-0.15, -0.1) is 11.6 Å². The predicted octanol–water partition coefficient (Wildman–Crippen LogP) is 2.33. The Labute approximate surface area is 93.6 Å². The maximum Gasteiger partial charge on any atom is 0.237 e. The van der Waals surface area contributed by atoms with Crippen molar-refractivity contribution in [3.63, 3.8) is 0 Å². The van der Waals surface area contributed by atoms with E-state index in [0.717, 1.165) is 11.1 Å². The molecule has 0 aliphatic rings. The topological polar surface area (TPSA) is 20.3 Å². The van der Waals surface area contributed by atoms with E-state index in [0.29, 0.717) is 6.54 Å². The van der Waals surface area contributed by atoms with E-state index in [-0.39, 0.29) is 17.6 Å². The average Bonchev–Trinajstić information content (AvgIpc) is 2.20. The van der Waals surface area contributed by atoms with Crippen LogP contribution in [0.4, 0.5) is 4.39 Å². The molecule has 0 fully saturated rings. The van der Waals surface area contributed by atoms with Crippen molar-refractivity contribution in [3.05, 3.63) is 35.1 Å². The Hall–Kier alpha value is -1.09. The smallest absolute Gasteiger partial charge is 0.237 e. The number of hydrogen-bond acceptors (Lipinski definition) is 1. The molecule has 2 nitrogen and oxygen atoms in total. The van der Waals surface area contributed by atoms with E-state index in [2.05, 4.69) is 0 Å². The van der Waals surface area contributed by atoms with Crippen molar-refractivity contribution in [2.45, 2.75) is 13.5 Å². The van der Waals surface area contributed by atoms with Gasteiger partial charge in [0.05, 0.1) is 0 Å². The van der Waals surface area contributed by atoms with Crippen LogP contribution < -0.4 is 0 Å². The van der Waals surface area contributed by atoms with Gasteiger partial charge in [0.15, 0.2) is 0 Å². The number of hydrogen-bond donors (Lipinski definition) is 0. The number of carbonyl (C=O) groups excluding carboxylic acids is 1. The highest BCUT2D eigenvalue weighted by Gasteiger charge is 2.09. The van der Waals surface area contributed by atoms with Crippen LogP contribution in [0.2, 0.25) is 0 Å². The number of rotatable bonds is 3. The van der Waals surface area contributed by atoms with E-state index < -0.39 is 0 Å². The van der Waals surface area contributed by atoms with Crippen molar-refractivity contribution in [2.75, 3.05) is 12.9 Å². The highest BCUT2D eigenvalue weighted by molar-refractivity contribution is 6.27. The number of alkyl halides is 1. The molecular weight excluding hydrogens is 217 g/mol. The second-order valence-corrected chi connectivity index (χ2v) is 3.72. The van der Waals surface area contributed by atoms with Gasteiger partial charge in [-0.3, -0.25) is 4.79 Å². The number of amides is 1. The Morgan fingerprint density at radius 1 is 1.53 bits per heavy atom. The number of nitrogens with zero attached hydrogens (tertiary/aromatic N) is 1. The summed E-state index contributed by atoms with van der Waals surface area (Å²) in [7, 11) is 1.67. The Balaban J connectivity index is 2.76. The Bertz CT molecular complexity index is 368. The van der Waals surface area contributed by atoms with Crippen molar-refractivity contribution in [1.29, 1.82) is 0 Å². The molecule has 0 aromatic heterocycles. The second kappa shape index (κ2) is 5.12. The van der Waals surface area contributed by atoms with E-state index in [1.165, 1.54) is 17.0 Å². The van der Waals surface area contributed by atoms with Gasteiger partial charge in [-0.25, -0.2) is 4.39 Å². The summed E-state index contributed by atoms with van der Waals surface area (Å²) in [5, 5.41) is 0. The van der Waals surface area contributed by atoms with Crippen molar-refractivity contribution < 1.29 is 9.18 Å². The van der Waals surface area contributed by atoms with Gasteiger partial charge in [-0.2, -0.15) is 0 Å². The van der Waals surface area contributed by atoms with Crippen LogP contribution in [0.1, 0.15) is 11.1 Å². The first-order chi connectivity index (χ1) is 7.04. The third-order valence-corrected chi connectivity index (χ3v) is 2.48. The summed E-state index contributed by atoms with van der Waals surface area (Å²) in [6.07, 6.45) is 0. The molecule has 1 amide bonds. The van der Waals surface area contributed by atoms with Crippen LogP contribution in [0.3, 0.4) is 0 Å². The third kappa shape index (κ3) is 3.20. The van der Waals surface area contributed by atoms with E-state index in [9.17, 15) is 9.18 Å². The van der Waals surface area contributed by atoms with Crippen LogP contribution >= 0.6 is 11.6 Å². The van der Waals surface area contributed by atoms with Gasteiger partial charge < -0.3 is 4.90 Å². The molecule has 0 aliphatic heterocycles. The highest BCUT2D eigenvalue weighted by atomic mass is 35.5. The molecule has 0 spiro atoms. The molecule has 0 N–H and O–H groups in total. The van der Waals surface area contributed by atoms with Crippen LogP contribution in [-0.4, -0.2) is 23.7 Å². The van der Waals surface area contributed by atoms with Gasteiger partial charge in [0.1, 0.15) is 11.7 Å². The molecule has 0 aliphatic carbocycles. The predicted molar refractivity (Wildman–Crippen MR) is 58.3 cm³/mol. The molecule has 0 saturated carbocycles. The first kappa shape index (κ1) is 12.0. The number of halogens is 2. The SMILES string of the molecule is Cc1cc(F)ccc1CN(C)C(=O)CCl. The first-order valence-electron chi connectivity index (χ1n) is 4.59. The van der Waals surface area contributed by atoms with Gasteiger partial charge in [-0.1, -0.05) is 6.07 Å². The van der Waals surface area contributed by atoms with Gasteiger partial charge in [-0.05, 0) is 30.2 Å². The van der Waals surface area contributed by atoms with Crippen LogP contribution in [-0.2, 0) is 11.3 Å². The minimum Gasteiger partial charge on any atom is -0.340 e. The van der Waals surface area contributed by atoms with Gasteiger partial charge in [0, 0.05) is 13.6 Å². The Morgan fingerprint density at radius 3 is 2.73 bits per heavy atom. The molecular formula is C11H13ClFNO. The molecule has 0 unspecified atom stereocenters. The van der Waals surface area contributed by atoms with Crippen molar-refractivity contribution in [3.8, 4) is 0 Å². The van der Waals surface area contributed by atoms with Crippen LogP contribution in [0, 0.1) is 12.7 Å². The Morgan fingerprint density at radius 2 is 2.20 bits per heavy atom. The molecule has 15 heavy (non-hydrogen) atoms. The zero-order chi connectivity index (χ0) is 11.4. The molecule has 0 bridgehead atoms. The lowest BCUT2D eigenvalue weighted by Gasteiger charge is -2.17. The molecule has 0 radical (unpaired) electrons. The molecule has 1 rings (SSSR count). The van der Waals surface area contributed by atoms with Gasteiger partial charge in [0.25, 0.3) is 0 Å². The molecule has 0 saturated heterocycles. The maximum absolute atomic E-state index is 12.8. The van der Waals surface area contributed by atoms with E-state index >= 15 is 0 Å². The van der Waals surface area contributed by atoms with Crippen LogP contribution in [0.25, 0.3) is 0 Å². The lowest BCUT2D eigenvalue weighted by molar-refractivity contribution is -0.127. The van der Waals surface area contributed by atoms with E-state index in [4.69, 9.17) is 11.6 Å². The molecule has 4 heteroatoms. The van der Waals surface area contributed by atoms with Gasteiger partial charge >= 0.3 is 0 Å². The first-order valence-corrected chi connectivity index (χ1v) is 5.13. The van der Waals surface area contributed by atoms with E-state index in [1.54, 1.807) is 13.1 Å². The zero-order valence-corrected chi connectivity index (χ0v) is 9.51. The number of carbonyl (C=O) groups is 1. The summed E-state index contributed by atoms with van der Waals surface area (Å²) in [5.41, 5.74) is 1.77. The highest BCUT2D eigenvalue weighted by Crippen LogP contribution is 2.12. The lowest BCUT2D eigenvalue weighted by Crippen LogP contribution is -2.27. The van der Waals surface area contributed by atoms with Crippen molar-refractivity contribution in [2.24, 2.45) is 0 Å². The largest absolute Gasteiger partial charge is 0.340 e. The van der Waals surface area contributed by atoms with E-state index in [1.807, 2.05) is 6.92 Å². The Kier molecular flexibility index (Phi) is 4.09. The monoisotopic (exact) mass is 229 g/mol. The van der Waals surface area contributed by atoms with Crippen LogP contribution in [0.15, 0.2) is 18.2 Å². The minimum atomic E-state index is -0.262. The fourth-order valence-electron chi connectivity index (χ4n) is 1.28. The summed E-state index contributed by atoms with van der Waals surface area (Å²) in [4.78, 5) is 12.7. The second-order valence-electron chi connectivity index (χ2n) is 3.45. The maximum atomic E-state index is 12.8. The lowest BCUT2D eigenvalue weighted by atomic mass is 10.1. The summed E-state index contributed by atoms with van der Waals surface area (Å²) in [5.74, 6) is -0.431. The summed E-state index contributed by atoms with van der Waals surface area (Å²) in [6.45, 7) is 2.27. The van der Waals surface area contributed by atoms with Crippen molar-refractivity contribution >= 4 is 17.5 Å². The fourth-order valence-corrected chi connectivity index (χ4v) is 1.49. The normalized spacial score (nSPS) is 10.1. The molecule has 1 aromatic rings. The average molecular weight is 230 g/mol. The zero-order valence-electron chi connectivity index (χ0n) is 8.76. The molecule has 82 valence electrons. The van der Waals surface area contributed by atoms with Crippen molar-refractivity contribution in [1.82, 2.24) is 4.90 Å². The summed E-state index contributed by atoms with van der Waals surface area (Å²) in [6, 6.07) is 4.53. The number of aryl methyl sites for hydroxylation is 1. The fraction of sp³-hybridized carbons (Fsp3) is 0.364. The van der Waals surface area contributed by atoms with Gasteiger partial charge in [0.2, 0.25) is 5.91 Å². The summed E-state index contributed by atoms with van der Waals surface area (Å²) >= 11 is 5.43. The van der Waals surface area contributed by atoms with Crippen LogP contribution in [0.5, 0.6) is 0 Å². The molecule has 0 heterocycles. The molecule has 0 atom stereocenters. The quantitative estimate of drug-likeness (QED) is 0.729.